The van der Waals surface area contributed by atoms with Crippen LogP contribution in [0.2, 0.25) is 0 Å². The fourth-order valence-corrected chi connectivity index (χ4v) is 1.53. The number of hydrogen-bond donors (Lipinski definition) is 2. The van der Waals surface area contributed by atoms with E-state index >= 15 is 0 Å². The molecule has 0 saturated heterocycles. The maximum Gasteiger partial charge on any atom is 0.162 e. The maximum atomic E-state index is 5.71. The summed E-state index contributed by atoms with van der Waals surface area (Å²) in [7, 11) is 3.26. The Bertz CT molecular complexity index is 389. The predicted octanol–water partition coefficient (Wildman–Crippen LogP) is 2.16. The zero-order valence-electron chi connectivity index (χ0n) is 11.3. The van der Waals surface area contributed by atoms with Crippen molar-refractivity contribution < 1.29 is 9.47 Å². The van der Waals surface area contributed by atoms with E-state index in [1.807, 2.05) is 19.1 Å². The SMILES string of the molecule is COc1cc(C)c(NC(C)(C)CN)cc1OC. The van der Waals surface area contributed by atoms with Crippen molar-refractivity contribution in [2.24, 2.45) is 5.73 Å². The Hall–Kier alpha value is -1.42. The molecule has 0 aliphatic carbocycles. The summed E-state index contributed by atoms with van der Waals surface area (Å²) in [6, 6.07) is 3.89. The van der Waals surface area contributed by atoms with Crippen LogP contribution in [0, 0.1) is 6.92 Å². The van der Waals surface area contributed by atoms with Crippen LogP contribution in [0.3, 0.4) is 0 Å². The first-order chi connectivity index (χ1) is 7.93. The first kappa shape index (κ1) is 13.6. The van der Waals surface area contributed by atoms with E-state index < -0.39 is 0 Å². The van der Waals surface area contributed by atoms with Gasteiger partial charge in [0.25, 0.3) is 0 Å². The molecule has 0 bridgehead atoms. The van der Waals surface area contributed by atoms with Gasteiger partial charge in [0.2, 0.25) is 0 Å². The topological polar surface area (TPSA) is 56.5 Å². The summed E-state index contributed by atoms with van der Waals surface area (Å²) in [6.45, 7) is 6.70. The van der Waals surface area contributed by atoms with Gasteiger partial charge in [0.05, 0.1) is 14.2 Å². The van der Waals surface area contributed by atoms with Gasteiger partial charge in [0, 0.05) is 23.8 Å². The van der Waals surface area contributed by atoms with E-state index in [4.69, 9.17) is 15.2 Å². The quantitative estimate of drug-likeness (QED) is 0.825. The van der Waals surface area contributed by atoms with Crippen molar-refractivity contribution in [2.75, 3.05) is 26.1 Å². The van der Waals surface area contributed by atoms with Crippen LogP contribution in [0.5, 0.6) is 11.5 Å². The molecule has 4 nitrogen and oxygen atoms in total. The first-order valence-electron chi connectivity index (χ1n) is 5.64. The summed E-state index contributed by atoms with van der Waals surface area (Å²) in [5, 5.41) is 3.40. The van der Waals surface area contributed by atoms with Gasteiger partial charge in [-0.15, -0.1) is 0 Å². The van der Waals surface area contributed by atoms with Gasteiger partial charge in [-0.1, -0.05) is 0 Å². The minimum absolute atomic E-state index is 0.148. The molecule has 17 heavy (non-hydrogen) atoms. The lowest BCUT2D eigenvalue weighted by atomic mass is 10.0. The van der Waals surface area contributed by atoms with Gasteiger partial charge in [-0.25, -0.2) is 0 Å². The molecule has 1 rings (SSSR count). The van der Waals surface area contributed by atoms with Gasteiger partial charge in [0.15, 0.2) is 11.5 Å². The van der Waals surface area contributed by atoms with Crippen molar-refractivity contribution in [1.29, 1.82) is 0 Å². The standard InChI is InChI=1S/C13H22N2O2/c1-9-6-11(16-4)12(17-5)7-10(9)15-13(2,3)8-14/h6-7,15H,8,14H2,1-5H3. The molecule has 0 spiro atoms. The molecule has 0 amide bonds. The van der Waals surface area contributed by atoms with Crippen molar-refractivity contribution in [2.45, 2.75) is 26.3 Å². The van der Waals surface area contributed by atoms with E-state index in [2.05, 4.69) is 19.2 Å². The molecule has 0 radical (unpaired) electrons. The predicted molar refractivity (Wildman–Crippen MR) is 71.0 cm³/mol. The molecule has 0 fully saturated rings. The van der Waals surface area contributed by atoms with E-state index in [1.165, 1.54) is 0 Å². The number of nitrogens with two attached hydrogens (primary N) is 1. The number of rotatable bonds is 5. The first-order valence-corrected chi connectivity index (χ1v) is 5.64. The molecular weight excluding hydrogens is 216 g/mol. The van der Waals surface area contributed by atoms with Gasteiger partial charge >= 0.3 is 0 Å². The van der Waals surface area contributed by atoms with Crippen molar-refractivity contribution in [1.82, 2.24) is 0 Å². The van der Waals surface area contributed by atoms with E-state index in [-0.39, 0.29) is 5.54 Å². The molecule has 0 saturated carbocycles. The van der Waals surface area contributed by atoms with Crippen molar-refractivity contribution in [3.05, 3.63) is 17.7 Å². The highest BCUT2D eigenvalue weighted by Crippen LogP contribution is 2.33. The van der Waals surface area contributed by atoms with Crippen LogP contribution in [0.15, 0.2) is 12.1 Å². The average Bonchev–Trinajstić information content (AvgIpc) is 2.31. The Kier molecular flexibility index (Phi) is 4.23. The van der Waals surface area contributed by atoms with Gasteiger partial charge in [-0.05, 0) is 32.4 Å². The number of aryl methyl sites for hydroxylation is 1. The Morgan fingerprint density at radius 2 is 1.71 bits per heavy atom. The Morgan fingerprint density at radius 3 is 2.18 bits per heavy atom. The zero-order valence-corrected chi connectivity index (χ0v) is 11.3. The molecular formula is C13H22N2O2. The number of nitrogens with one attached hydrogen (secondary N) is 1. The second kappa shape index (κ2) is 5.27. The fourth-order valence-electron chi connectivity index (χ4n) is 1.53. The minimum atomic E-state index is -0.148. The largest absolute Gasteiger partial charge is 0.493 e. The summed E-state index contributed by atoms with van der Waals surface area (Å²) >= 11 is 0. The average molecular weight is 238 g/mol. The van der Waals surface area contributed by atoms with Gasteiger partial charge < -0.3 is 20.5 Å². The molecule has 3 N–H and O–H groups in total. The molecule has 0 heterocycles. The highest BCUT2D eigenvalue weighted by molar-refractivity contribution is 5.61. The number of anilines is 1. The van der Waals surface area contributed by atoms with Gasteiger partial charge in [0.1, 0.15) is 0 Å². The van der Waals surface area contributed by atoms with Crippen molar-refractivity contribution in [3.8, 4) is 11.5 Å². The lowest BCUT2D eigenvalue weighted by Crippen LogP contribution is -2.39. The Morgan fingerprint density at radius 1 is 1.18 bits per heavy atom. The van der Waals surface area contributed by atoms with Crippen molar-refractivity contribution in [3.63, 3.8) is 0 Å². The molecule has 1 aromatic carbocycles. The molecule has 0 aliphatic rings. The van der Waals surface area contributed by atoms with E-state index in [0.717, 1.165) is 17.0 Å². The zero-order chi connectivity index (χ0) is 13.1. The van der Waals surface area contributed by atoms with E-state index in [0.29, 0.717) is 12.3 Å². The number of benzene rings is 1. The lowest BCUT2D eigenvalue weighted by Gasteiger charge is -2.27. The summed E-state index contributed by atoms with van der Waals surface area (Å²) in [5.74, 6) is 1.45. The normalized spacial score (nSPS) is 11.2. The number of ether oxygens (including phenoxy) is 2. The summed E-state index contributed by atoms with van der Waals surface area (Å²) in [6.07, 6.45) is 0. The molecule has 4 heteroatoms. The maximum absolute atomic E-state index is 5.71. The van der Waals surface area contributed by atoms with Gasteiger partial charge in [-0.3, -0.25) is 0 Å². The third-order valence-corrected chi connectivity index (χ3v) is 2.71. The third-order valence-electron chi connectivity index (χ3n) is 2.71. The monoisotopic (exact) mass is 238 g/mol. The molecule has 0 atom stereocenters. The van der Waals surface area contributed by atoms with Crippen LogP contribution in [-0.4, -0.2) is 26.3 Å². The Labute approximate surface area is 103 Å². The van der Waals surface area contributed by atoms with Crippen LogP contribution in [0.4, 0.5) is 5.69 Å². The third kappa shape index (κ3) is 3.27. The second-order valence-corrected chi connectivity index (χ2v) is 4.74. The van der Waals surface area contributed by atoms with E-state index in [9.17, 15) is 0 Å². The highest BCUT2D eigenvalue weighted by atomic mass is 16.5. The molecule has 0 aliphatic heterocycles. The van der Waals surface area contributed by atoms with Crippen LogP contribution < -0.4 is 20.5 Å². The smallest absolute Gasteiger partial charge is 0.162 e. The number of methoxy groups -OCH3 is 2. The fraction of sp³-hybridized carbons (Fsp3) is 0.538. The number of hydrogen-bond acceptors (Lipinski definition) is 4. The molecule has 0 unspecified atom stereocenters. The summed E-state index contributed by atoms with van der Waals surface area (Å²) in [5.41, 5.74) is 7.68. The van der Waals surface area contributed by atoms with Gasteiger partial charge in [-0.2, -0.15) is 0 Å². The molecule has 0 aromatic heterocycles. The highest BCUT2D eigenvalue weighted by Gasteiger charge is 2.17. The van der Waals surface area contributed by atoms with Crippen LogP contribution >= 0.6 is 0 Å². The summed E-state index contributed by atoms with van der Waals surface area (Å²) < 4.78 is 10.5. The van der Waals surface area contributed by atoms with Crippen LogP contribution in [0.1, 0.15) is 19.4 Å². The van der Waals surface area contributed by atoms with Crippen LogP contribution in [-0.2, 0) is 0 Å². The lowest BCUT2D eigenvalue weighted by molar-refractivity contribution is 0.355. The minimum Gasteiger partial charge on any atom is -0.493 e. The Balaban J connectivity index is 3.09. The van der Waals surface area contributed by atoms with Crippen LogP contribution in [0.25, 0.3) is 0 Å². The van der Waals surface area contributed by atoms with E-state index in [1.54, 1.807) is 14.2 Å². The second-order valence-electron chi connectivity index (χ2n) is 4.74. The summed E-state index contributed by atoms with van der Waals surface area (Å²) in [4.78, 5) is 0. The van der Waals surface area contributed by atoms with Crippen molar-refractivity contribution >= 4 is 5.69 Å². The molecule has 1 aromatic rings. The molecule has 96 valence electrons.